The molecule has 4 rings (SSSR count). The molecule has 1 aliphatic rings. The molecule has 0 radical (unpaired) electrons. The minimum Gasteiger partial charge on any atom is -0.493 e. The van der Waals surface area contributed by atoms with Gasteiger partial charge >= 0.3 is 0 Å². The van der Waals surface area contributed by atoms with Crippen LogP contribution in [0.2, 0.25) is 0 Å². The molecule has 1 atom stereocenters. The van der Waals surface area contributed by atoms with Crippen molar-refractivity contribution >= 4 is 22.4 Å². The van der Waals surface area contributed by atoms with Gasteiger partial charge in [0.05, 0.1) is 31.0 Å². The van der Waals surface area contributed by atoms with Gasteiger partial charge in [0.2, 0.25) is 0 Å². The Morgan fingerprint density at radius 1 is 1.06 bits per heavy atom. The third-order valence-electron chi connectivity index (χ3n) is 5.92. The molecule has 1 saturated carbocycles. The summed E-state index contributed by atoms with van der Waals surface area (Å²) in [6.45, 7) is 7.06. The number of aryl methyl sites for hydroxylation is 1. The quantitative estimate of drug-likeness (QED) is 0.481. The number of fused-ring (bicyclic) bond motifs is 1. The van der Waals surface area contributed by atoms with Crippen LogP contribution in [-0.2, 0) is 10.2 Å². The zero-order chi connectivity index (χ0) is 22.9. The molecule has 8 nitrogen and oxygen atoms in total. The largest absolute Gasteiger partial charge is 0.493 e. The molecule has 8 heteroatoms. The molecular weight excluding hydrogens is 406 g/mol. The summed E-state index contributed by atoms with van der Waals surface area (Å²) in [6, 6.07) is 7.58. The summed E-state index contributed by atoms with van der Waals surface area (Å²) in [6.07, 6.45) is 2.29. The number of benzene rings is 1. The van der Waals surface area contributed by atoms with Crippen molar-refractivity contribution in [3.63, 3.8) is 0 Å². The summed E-state index contributed by atoms with van der Waals surface area (Å²) in [5.41, 5.74) is 9.81. The van der Waals surface area contributed by atoms with Gasteiger partial charge in [0.15, 0.2) is 11.5 Å². The van der Waals surface area contributed by atoms with E-state index in [0.29, 0.717) is 36.4 Å². The third kappa shape index (κ3) is 4.55. The van der Waals surface area contributed by atoms with Crippen molar-refractivity contribution in [3.8, 4) is 11.5 Å². The Kier molecular flexibility index (Phi) is 6.06. The predicted molar refractivity (Wildman–Crippen MR) is 125 cm³/mol. The Bertz CT molecular complexity index is 1130. The summed E-state index contributed by atoms with van der Waals surface area (Å²) in [7, 11) is 3.25. The van der Waals surface area contributed by atoms with Gasteiger partial charge in [-0.1, -0.05) is 6.92 Å². The van der Waals surface area contributed by atoms with E-state index < -0.39 is 0 Å². The van der Waals surface area contributed by atoms with E-state index in [-0.39, 0.29) is 11.5 Å². The summed E-state index contributed by atoms with van der Waals surface area (Å²) in [5, 5.41) is 4.35. The standard InChI is InChI=1S/C24H31N5O3/c1-14(18-10-16(25)11-22(29-18)24(3)6-7-24)26-23-17-12-21(32-9-8-30-4)20(31-5)13-19(17)27-15(2)28-23/h10-14H,6-9H2,1-5H3,(H2,25,29)(H,26,27,28)/t14-/m1/s1. The molecule has 1 aliphatic carbocycles. The third-order valence-corrected chi connectivity index (χ3v) is 5.92. The molecule has 3 aromatic rings. The molecule has 2 aromatic heterocycles. The van der Waals surface area contributed by atoms with Crippen LogP contribution in [0.25, 0.3) is 10.9 Å². The summed E-state index contributed by atoms with van der Waals surface area (Å²) in [5.74, 6) is 2.61. The number of nitrogens with zero attached hydrogens (tertiary/aromatic N) is 3. The summed E-state index contributed by atoms with van der Waals surface area (Å²) >= 11 is 0. The van der Waals surface area contributed by atoms with Crippen LogP contribution in [0.4, 0.5) is 11.5 Å². The zero-order valence-corrected chi connectivity index (χ0v) is 19.4. The second kappa shape index (κ2) is 8.78. The van der Waals surface area contributed by atoms with Crippen LogP contribution < -0.4 is 20.5 Å². The Morgan fingerprint density at radius 2 is 1.84 bits per heavy atom. The highest BCUT2D eigenvalue weighted by molar-refractivity contribution is 5.92. The number of hydrogen-bond acceptors (Lipinski definition) is 8. The zero-order valence-electron chi connectivity index (χ0n) is 19.4. The molecule has 32 heavy (non-hydrogen) atoms. The molecule has 2 heterocycles. The van der Waals surface area contributed by atoms with E-state index in [1.165, 1.54) is 0 Å². The summed E-state index contributed by atoms with van der Waals surface area (Å²) < 4.78 is 16.5. The SMILES string of the molecule is COCCOc1cc2c(N[C@H](C)c3cc(N)cc(C4(C)CC4)n3)nc(C)nc2cc1OC. The van der Waals surface area contributed by atoms with Crippen LogP contribution >= 0.6 is 0 Å². The molecule has 0 spiro atoms. The molecule has 0 aliphatic heterocycles. The number of anilines is 2. The highest BCUT2D eigenvalue weighted by Crippen LogP contribution is 2.47. The number of aromatic nitrogens is 3. The Balaban J connectivity index is 1.69. The number of rotatable bonds is 9. The van der Waals surface area contributed by atoms with E-state index in [1.807, 2.05) is 31.2 Å². The van der Waals surface area contributed by atoms with Gasteiger partial charge < -0.3 is 25.3 Å². The molecule has 0 amide bonds. The molecular formula is C24H31N5O3. The maximum atomic E-state index is 6.21. The number of nitrogen functional groups attached to an aromatic ring is 1. The van der Waals surface area contributed by atoms with E-state index in [9.17, 15) is 0 Å². The topological polar surface area (TPSA) is 104 Å². The predicted octanol–water partition coefficient (Wildman–Crippen LogP) is 4.17. The number of ether oxygens (including phenoxy) is 3. The second-order valence-electron chi connectivity index (χ2n) is 8.62. The normalized spacial score (nSPS) is 15.4. The number of pyridine rings is 1. The fourth-order valence-corrected chi connectivity index (χ4v) is 3.70. The van der Waals surface area contributed by atoms with Gasteiger partial charge in [-0.2, -0.15) is 0 Å². The van der Waals surface area contributed by atoms with Gasteiger partial charge in [-0.15, -0.1) is 0 Å². The van der Waals surface area contributed by atoms with E-state index in [4.69, 9.17) is 24.9 Å². The Hall–Kier alpha value is -3.13. The highest BCUT2D eigenvalue weighted by atomic mass is 16.5. The first-order valence-corrected chi connectivity index (χ1v) is 10.9. The first-order chi connectivity index (χ1) is 15.3. The van der Waals surface area contributed by atoms with Gasteiger partial charge in [-0.3, -0.25) is 4.98 Å². The van der Waals surface area contributed by atoms with Crippen molar-refractivity contribution in [1.82, 2.24) is 15.0 Å². The molecule has 170 valence electrons. The fraction of sp³-hybridized carbons (Fsp3) is 0.458. The van der Waals surface area contributed by atoms with E-state index in [1.54, 1.807) is 14.2 Å². The van der Waals surface area contributed by atoms with Crippen molar-refractivity contribution in [2.45, 2.75) is 45.1 Å². The summed E-state index contributed by atoms with van der Waals surface area (Å²) in [4.78, 5) is 14.2. The number of methoxy groups -OCH3 is 2. The lowest BCUT2D eigenvalue weighted by atomic mass is 10.0. The van der Waals surface area contributed by atoms with Gasteiger partial charge in [0, 0.05) is 35.4 Å². The van der Waals surface area contributed by atoms with Gasteiger partial charge in [0.25, 0.3) is 0 Å². The lowest BCUT2D eigenvalue weighted by Crippen LogP contribution is -2.14. The fourth-order valence-electron chi connectivity index (χ4n) is 3.70. The van der Waals surface area contributed by atoms with Crippen molar-refractivity contribution in [3.05, 3.63) is 41.5 Å². The molecule has 3 N–H and O–H groups in total. The molecule has 0 saturated heterocycles. The molecule has 0 unspecified atom stereocenters. The van der Waals surface area contributed by atoms with Crippen LogP contribution in [-0.4, -0.2) is 42.4 Å². The van der Waals surface area contributed by atoms with E-state index in [0.717, 1.165) is 40.8 Å². The lowest BCUT2D eigenvalue weighted by Gasteiger charge is -2.19. The first-order valence-electron chi connectivity index (χ1n) is 10.9. The van der Waals surface area contributed by atoms with Crippen LogP contribution in [0, 0.1) is 6.92 Å². The first kappa shape index (κ1) is 22.1. The monoisotopic (exact) mass is 437 g/mol. The maximum Gasteiger partial charge on any atom is 0.162 e. The average molecular weight is 438 g/mol. The highest BCUT2D eigenvalue weighted by Gasteiger charge is 2.40. The minimum atomic E-state index is -0.0999. The Labute approximate surface area is 188 Å². The smallest absolute Gasteiger partial charge is 0.162 e. The van der Waals surface area contributed by atoms with Crippen molar-refractivity contribution in [2.24, 2.45) is 0 Å². The van der Waals surface area contributed by atoms with Crippen LogP contribution in [0.1, 0.15) is 49.9 Å². The van der Waals surface area contributed by atoms with Crippen molar-refractivity contribution < 1.29 is 14.2 Å². The van der Waals surface area contributed by atoms with Crippen LogP contribution in [0.3, 0.4) is 0 Å². The number of nitrogens with two attached hydrogens (primary N) is 1. The molecule has 1 fully saturated rings. The average Bonchev–Trinajstić information content (AvgIpc) is 3.52. The van der Waals surface area contributed by atoms with Crippen LogP contribution in [0.15, 0.2) is 24.3 Å². The van der Waals surface area contributed by atoms with E-state index >= 15 is 0 Å². The van der Waals surface area contributed by atoms with Gasteiger partial charge in [-0.25, -0.2) is 9.97 Å². The molecule has 0 bridgehead atoms. The Morgan fingerprint density at radius 3 is 2.53 bits per heavy atom. The lowest BCUT2D eigenvalue weighted by molar-refractivity contribution is 0.144. The maximum absolute atomic E-state index is 6.21. The minimum absolute atomic E-state index is 0.0999. The van der Waals surface area contributed by atoms with Crippen molar-refractivity contribution in [2.75, 3.05) is 38.5 Å². The van der Waals surface area contributed by atoms with Crippen molar-refractivity contribution in [1.29, 1.82) is 0 Å². The van der Waals surface area contributed by atoms with Crippen LogP contribution in [0.5, 0.6) is 11.5 Å². The van der Waals surface area contributed by atoms with Gasteiger partial charge in [-0.05, 0) is 44.9 Å². The number of nitrogens with one attached hydrogen (secondary N) is 1. The molecule has 1 aromatic carbocycles. The number of hydrogen-bond donors (Lipinski definition) is 2. The second-order valence-corrected chi connectivity index (χ2v) is 8.62. The van der Waals surface area contributed by atoms with E-state index in [2.05, 4.69) is 29.1 Å². The van der Waals surface area contributed by atoms with Gasteiger partial charge in [0.1, 0.15) is 18.2 Å².